The van der Waals surface area contributed by atoms with Crippen LogP contribution in [0.15, 0.2) is 24.7 Å². The van der Waals surface area contributed by atoms with Gasteiger partial charge in [0.2, 0.25) is 0 Å². The van der Waals surface area contributed by atoms with Crippen molar-refractivity contribution in [2.75, 3.05) is 18.0 Å². The predicted molar refractivity (Wildman–Crippen MR) is 67.0 cm³/mol. The quantitative estimate of drug-likeness (QED) is 0.839. The molecule has 0 bridgehead atoms. The summed E-state index contributed by atoms with van der Waals surface area (Å²) in [4.78, 5) is 6.84. The molecule has 0 saturated carbocycles. The van der Waals surface area contributed by atoms with Crippen LogP contribution >= 0.6 is 0 Å². The molecule has 5 heteroatoms. The van der Waals surface area contributed by atoms with Crippen LogP contribution in [0.3, 0.4) is 0 Å². The molecule has 2 aromatic heterocycles. The fourth-order valence-corrected chi connectivity index (χ4v) is 2.59. The molecule has 0 spiro atoms. The fourth-order valence-electron chi connectivity index (χ4n) is 2.59. The Hall–Kier alpha value is -1.62. The van der Waals surface area contributed by atoms with E-state index in [0.29, 0.717) is 12.6 Å². The molecule has 0 amide bonds. The van der Waals surface area contributed by atoms with Crippen molar-refractivity contribution in [2.45, 2.75) is 25.3 Å². The molecule has 2 N–H and O–H groups in total. The van der Waals surface area contributed by atoms with Gasteiger partial charge in [-0.15, -0.1) is 0 Å². The van der Waals surface area contributed by atoms with Gasteiger partial charge in [-0.05, 0) is 25.3 Å². The number of rotatable bonds is 2. The molecular formula is C12H17N5. The highest BCUT2D eigenvalue weighted by molar-refractivity contribution is 5.68. The third-order valence-electron chi connectivity index (χ3n) is 3.48. The van der Waals surface area contributed by atoms with Gasteiger partial charge in [0.15, 0.2) is 5.82 Å². The topological polar surface area (TPSA) is 59.5 Å². The smallest absolute Gasteiger partial charge is 0.154 e. The lowest BCUT2D eigenvalue weighted by Crippen LogP contribution is -2.44. The van der Waals surface area contributed by atoms with Crippen molar-refractivity contribution in [2.24, 2.45) is 5.73 Å². The predicted octanol–water partition coefficient (Wildman–Crippen LogP) is 1.05. The summed E-state index contributed by atoms with van der Waals surface area (Å²) in [5, 5.41) is 4.24. The zero-order valence-corrected chi connectivity index (χ0v) is 9.79. The summed E-state index contributed by atoms with van der Waals surface area (Å²) in [6.07, 6.45) is 9.13. The maximum absolute atomic E-state index is 5.86. The van der Waals surface area contributed by atoms with Crippen LogP contribution in [-0.2, 0) is 0 Å². The highest BCUT2D eigenvalue weighted by Crippen LogP contribution is 2.25. The van der Waals surface area contributed by atoms with Crippen molar-refractivity contribution in [3.8, 4) is 0 Å². The third kappa shape index (κ3) is 1.76. The van der Waals surface area contributed by atoms with Gasteiger partial charge in [-0.1, -0.05) is 0 Å². The first kappa shape index (κ1) is 10.5. The van der Waals surface area contributed by atoms with E-state index in [1.54, 1.807) is 6.20 Å². The Labute approximate surface area is 100 Å². The molecule has 17 heavy (non-hydrogen) atoms. The van der Waals surface area contributed by atoms with Crippen LogP contribution in [0.4, 0.5) is 5.82 Å². The molecule has 1 aliphatic heterocycles. The molecule has 1 fully saturated rings. The Morgan fingerprint density at radius 3 is 3.18 bits per heavy atom. The minimum Gasteiger partial charge on any atom is -0.351 e. The number of nitrogens with two attached hydrogens (primary N) is 1. The number of hydrogen-bond acceptors (Lipinski definition) is 4. The van der Waals surface area contributed by atoms with E-state index in [1.165, 1.54) is 12.8 Å². The first-order chi connectivity index (χ1) is 8.40. The molecule has 0 radical (unpaired) electrons. The Morgan fingerprint density at radius 2 is 2.29 bits per heavy atom. The zero-order valence-electron chi connectivity index (χ0n) is 9.79. The van der Waals surface area contributed by atoms with Crippen LogP contribution in [0, 0.1) is 0 Å². The summed E-state index contributed by atoms with van der Waals surface area (Å²) in [5.74, 6) is 1.01. The van der Waals surface area contributed by atoms with Crippen molar-refractivity contribution >= 4 is 11.3 Å². The van der Waals surface area contributed by atoms with Crippen molar-refractivity contribution < 1.29 is 0 Å². The Kier molecular flexibility index (Phi) is 2.68. The monoisotopic (exact) mass is 231 g/mol. The summed E-state index contributed by atoms with van der Waals surface area (Å²) >= 11 is 0. The molecule has 5 nitrogen and oxygen atoms in total. The second kappa shape index (κ2) is 4.33. The van der Waals surface area contributed by atoms with E-state index >= 15 is 0 Å². The van der Waals surface area contributed by atoms with Gasteiger partial charge < -0.3 is 10.6 Å². The van der Waals surface area contributed by atoms with Crippen molar-refractivity contribution in [3.05, 3.63) is 24.7 Å². The standard InChI is InChI=1S/C12H17N5/c13-9-10-3-1-2-7-16(10)12-11-4-5-15-17(11)8-6-14-12/h4-6,8,10H,1-3,7,9,13H2. The second-order valence-electron chi connectivity index (χ2n) is 4.49. The number of fused-ring (bicyclic) bond motifs is 1. The van der Waals surface area contributed by atoms with Crippen LogP contribution in [-0.4, -0.2) is 33.7 Å². The molecule has 1 saturated heterocycles. The lowest BCUT2D eigenvalue weighted by atomic mass is 10.0. The average Bonchev–Trinajstić information content (AvgIpc) is 2.86. The van der Waals surface area contributed by atoms with E-state index in [0.717, 1.165) is 24.3 Å². The Balaban J connectivity index is 2.04. The largest absolute Gasteiger partial charge is 0.351 e. The number of hydrogen-bond donors (Lipinski definition) is 1. The highest BCUT2D eigenvalue weighted by Gasteiger charge is 2.23. The summed E-state index contributed by atoms with van der Waals surface area (Å²) in [6, 6.07) is 2.42. The number of nitrogens with zero attached hydrogens (tertiary/aromatic N) is 4. The minimum atomic E-state index is 0.414. The van der Waals surface area contributed by atoms with Gasteiger partial charge >= 0.3 is 0 Å². The van der Waals surface area contributed by atoms with E-state index in [-0.39, 0.29) is 0 Å². The lowest BCUT2D eigenvalue weighted by molar-refractivity contribution is 0.462. The van der Waals surface area contributed by atoms with Gasteiger partial charge in [-0.25, -0.2) is 9.50 Å². The van der Waals surface area contributed by atoms with E-state index in [1.807, 2.05) is 23.0 Å². The van der Waals surface area contributed by atoms with Gasteiger partial charge in [0.05, 0.1) is 6.20 Å². The molecule has 0 aromatic carbocycles. The van der Waals surface area contributed by atoms with Gasteiger partial charge in [0.1, 0.15) is 5.52 Å². The SMILES string of the molecule is NCC1CCCCN1c1nccn2nccc12. The fraction of sp³-hybridized carbons (Fsp3) is 0.500. The van der Waals surface area contributed by atoms with E-state index in [9.17, 15) is 0 Å². The van der Waals surface area contributed by atoms with Gasteiger partial charge in [-0.3, -0.25) is 0 Å². The van der Waals surface area contributed by atoms with Crippen LogP contribution in [0.1, 0.15) is 19.3 Å². The number of piperidine rings is 1. The molecule has 3 rings (SSSR count). The minimum absolute atomic E-state index is 0.414. The van der Waals surface area contributed by atoms with Gasteiger partial charge in [0.25, 0.3) is 0 Å². The van der Waals surface area contributed by atoms with E-state index in [4.69, 9.17) is 5.73 Å². The van der Waals surface area contributed by atoms with E-state index in [2.05, 4.69) is 15.0 Å². The molecule has 0 aliphatic carbocycles. The van der Waals surface area contributed by atoms with Crippen molar-refractivity contribution in [1.29, 1.82) is 0 Å². The van der Waals surface area contributed by atoms with E-state index < -0.39 is 0 Å². The van der Waals surface area contributed by atoms with Crippen molar-refractivity contribution in [1.82, 2.24) is 14.6 Å². The molecule has 2 aromatic rings. The summed E-state index contributed by atoms with van der Waals surface area (Å²) in [7, 11) is 0. The van der Waals surface area contributed by atoms with Crippen LogP contribution < -0.4 is 10.6 Å². The first-order valence-corrected chi connectivity index (χ1v) is 6.15. The molecule has 1 unspecified atom stereocenters. The van der Waals surface area contributed by atoms with Crippen LogP contribution in [0.5, 0.6) is 0 Å². The average molecular weight is 231 g/mol. The van der Waals surface area contributed by atoms with Crippen molar-refractivity contribution in [3.63, 3.8) is 0 Å². The lowest BCUT2D eigenvalue weighted by Gasteiger charge is -2.36. The summed E-state index contributed by atoms with van der Waals surface area (Å²) in [5.41, 5.74) is 6.92. The van der Waals surface area contributed by atoms with Crippen LogP contribution in [0.2, 0.25) is 0 Å². The first-order valence-electron chi connectivity index (χ1n) is 6.15. The normalized spacial score (nSPS) is 21.0. The molecule has 1 atom stereocenters. The molecule has 1 aliphatic rings. The zero-order chi connectivity index (χ0) is 11.7. The number of aromatic nitrogens is 3. The Morgan fingerprint density at radius 1 is 1.35 bits per heavy atom. The highest BCUT2D eigenvalue weighted by atomic mass is 15.3. The Bertz CT molecular complexity index is 506. The third-order valence-corrected chi connectivity index (χ3v) is 3.48. The molecule has 3 heterocycles. The van der Waals surface area contributed by atoms with Gasteiger partial charge in [0, 0.05) is 31.5 Å². The number of anilines is 1. The van der Waals surface area contributed by atoms with Gasteiger partial charge in [-0.2, -0.15) is 5.10 Å². The summed E-state index contributed by atoms with van der Waals surface area (Å²) in [6.45, 7) is 1.73. The van der Waals surface area contributed by atoms with Crippen LogP contribution in [0.25, 0.3) is 5.52 Å². The summed E-state index contributed by atoms with van der Waals surface area (Å²) < 4.78 is 1.87. The maximum Gasteiger partial charge on any atom is 0.154 e. The second-order valence-corrected chi connectivity index (χ2v) is 4.49. The molecular weight excluding hydrogens is 214 g/mol. The maximum atomic E-state index is 5.86. The molecule has 90 valence electrons.